The monoisotopic (exact) mass is 367 g/mol. The van der Waals surface area contributed by atoms with E-state index < -0.39 is 36.2 Å². The molecular formula is C20H17NO6. The van der Waals surface area contributed by atoms with Gasteiger partial charge in [0.2, 0.25) is 5.78 Å². The first-order chi connectivity index (χ1) is 12.9. The van der Waals surface area contributed by atoms with E-state index in [-0.39, 0.29) is 11.1 Å². The molecule has 0 saturated heterocycles. The predicted molar refractivity (Wildman–Crippen MR) is 94.7 cm³/mol. The molecule has 0 N–H and O–H groups in total. The first kappa shape index (κ1) is 18.3. The van der Waals surface area contributed by atoms with Gasteiger partial charge in [-0.05, 0) is 43.3 Å². The second kappa shape index (κ2) is 7.41. The third kappa shape index (κ3) is 3.57. The number of benzene rings is 2. The summed E-state index contributed by atoms with van der Waals surface area (Å²) in [5, 5.41) is 0. The van der Waals surface area contributed by atoms with Crippen LogP contribution in [-0.4, -0.2) is 48.2 Å². The summed E-state index contributed by atoms with van der Waals surface area (Å²) >= 11 is 0. The highest BCUT2D eigenvalue weighted by Gasteiger charge is 2.37. The van der Waals surface area contributed by atoms with Gasteiger partial charge in [0.25, 0.3) is 11.8 Å². The quantitative estimate of drug-likeness (QED) is 0.441. The Morgan fingerprint density at radius 1 is 0.963 bits per heavy atom. The fraction of sp³-hybridized carbons (Fsp3) is 0.200. The molecule has 138 valence electrons. The van der Waals surface area contributed by atoms with Crippen molar-refractivity contribution in [1.29, 1.82) is 0 Å². The summed E-state index contributed by atoms with van der Waals surface area (Å²) in [6, 6.07) is 12.7. The number of nitrogens with zero attached hydrogens (tertiary/aromatic N) is 1. The zero-order chi connectivity index (χ0) is 19.6. The number of fused-ring (bicyclic) bond motifs is 1. The van der Waals surface area contributed by atoms with Gasteiger partial charge in [0.1, 0.15) is 12.3 Å². The van der Waals surface area contributed by atoms with E-state index >= 15 is 0 Å². The van der Waals surface area contributed by atoms with Crippen LogP contribution in [0.1, 0.15) is 38.0 Å². The first-order valence-corrected chi connectivity index (χ1v) is 8.25. The highest BCUT2D eigenvalue weighted by molar-refractivity contribution is 6.22. The summed E-state index contributed by atoms with van der Waals surface area (Å²) < 4.78 is 10.1. The summed E-state index contributed by atoms with van der Waals surface area (Å²) in [5.41, 5.74) is 0.854. The Bertz CT molecular complexity index is 883. The molecule has 7 heteroatoms. The molecule has 7 nitrogen and oxygen atoms in total. The van der Waals surface area contributed by atoms with Crippen molar-refractivity contribution in [2.45, 2.75) is 13.0 Å². The maximum Gasteiger partial charge on any atom is 0.326 e. The standard InChI is InChI=1S/C20H17NO6/c1-12(18(23)13-7-9-14(26-2)10-8-13)27-17(22)11-21-19(24)15-5-3-4-6-16(15)20(21)25/h3-10,12H,11H2,1-2H3/t12-/m0/s1. The van der Waals surface area contributed by atoms with Gasteiger partial charge in [0.15, 0.2) is 6.10 Å². The van der Waals surface area contributed by atoms with Gasteiger partial charge in [-0.15, -0.1) is 0 Å². The molecule has 1 atom stereocenters. The number of ketones is 1. The predicted octanol–water partition coefficient (Wildman–Crippen LogP) is 2.11. The third-order valence-electron chi connectivity index (χ3n) is 4.22. The minimum absolute atomic E-state index is 0.248. The number of hydrogen-bond donors (Lipinski definition) is 0. The van der Waals surface area contributed by atoms with Crippen LogP contribution in [0.15, 0.2) is 48.5 Å². The number of imide groups is 1. The van der Waals surface area contributed by atoms with Gasteiger partial charge in [-0.25, -0.2) is 0 Å². The fourth-order valence-electron chi connectivity index (χ4n) is 2.79. The van der Waals surface area contributed by atoms with Gasteiger partial charge in [-0.3, -0.25) is 24.1 Å². The normalized spacial score (nSPS) is 13.9. The fourth-order valence-corrected chi connectivity index (χ4v) is 2.79. The lowest BCUT2D eigenvalue weighted by Crippen LogP contribution is -2.37. The summed E-state index contributed by atoms with van der Waals surface area (Å²) in [6.45, 7) is 0.888. The third-order valence-corrected chi connectivity index (χ3v) is 4.22. The van der Waals surface area contributed by atoms with Gasteiger partial charge < -0.3 is 9.47 Å². The Morgan fingerprint density at radius 2 is 1.52 bits per heavy atom. The van der Waals surface area contributed by atoms with Crippen LogP contribution in [0, 0.1) is 0 Å². The summed E-state index contributed by atoms with van der Waals surface area (Å²) in [7, 11) is 1.51. The topological polar surface area (TPSA) is 90.0 Å². The lowest BCUT2D eigenvalue weighted by atomic mass is 10.1. The zero-order valence-corrected chi connectivity index (χ0v) is 14.8. The lowest BCUT2D eigenvalue weighted by Gasteiger charge is -2.16. The molecule has 3 rings (SSSR count). The van der Waals surface area contributed by atoms with E-state index in [1.54, 1.807) is 36.4 Å². The van der Waals surface area contributed by atoms with Crippen LogP contribution in [0.25, 0.3) is 0 Å². The molecule has 2 aromatic rings. The summed E-state index contributed by atoms with van der Waals surface area (Å²) in [6.07, 6.45) is -1.05. The number of Topliss-reactive ketones (excluding diaryl/α,β-unsaturated/α-hetero) is 1. The van der Waals surface area contributed by atoms with Crippen molar-refractivity contribution in [3.05, 3.63) is 65.2 Å². The Balaban J connectivity index is 1.63. The molecule has 0 radical (unpaired) electrons. The van der Waals surface area contributed by atoms with E-state index in [2.05, 4.69) is 0 Å². The number of carbonyl (C=O) groups is 4. The molecule has 1 heterocycles. The second-order valence-electron chi connectivity index (χ2n) is 5.97. The molecule has 0 bridgehead atoms. The largest absolute Gasteiger partial charge is 0.497 e. The van der Waals surface area contributed by atoms with Crippen LogP contribution >= 0.6 is 0 Å². The van der Waals surface area contributed by atoms with Crippen molar-refractivity contribution >= 4 is 23.6 Å². The van der Waals surface area contributed by atoms with E-state index in [1.807, 2.05) is 0 Å². The minimum Gasteiger partial charge on any atom is -0.497 e. The highest BCUT2D eigenvalue weighted by atomic mass is 16.5. The van der Waals surface area contributed by atoms with Crippen molar-refractivity contribution < 1.29 is 28.7 Å². The van der Waals surface area contributed by atoms with E-state index in [1.165, 1.54) is 26.2 Å². The Labute approximate surface area is 155 Å². The van der Waals surface area contributed by atoms with Gasteiger partial charge in [0, 0.05) is 5.56 Å². The summed E-state index contributed by atoms with van der Waals surface area (Å²) in [4.78, 5) is 49.8. The number of rotatable bonds is 6. The number of esters is 1. The Kier molecular flexibility index (Phi) is 5.03. The molecule has 27 heavy (non-hydrogen) atoms. The molecule has 0 fully saturated rings. The van der Waals surface area contributed by atoms with Gasteiger partial charge >= 0.3 is 5.97 Å². The van der Waals surface area contributed by atoms with Gasteiger partial charge in [-0.2, -0.15) is 0 Å². The highest BCUT2D eigenvalue weighted by Crippen LogP contribution is 2.22. The van der Waals surface area contributed by atoms with Crippen LogP contribution < -0.4 is 4.74 Å². The van der Waals surface area contributed by atoms with Crippen molar-refractivity contribution in [2.24, 2.45) is 0 Å². The number of carbonyl (C=O) groups excluding carboxylic acids is 4. The molecule has 0 unspecified atom stereocenters. The van der Waals surface area contributed by atoms with E-state index in [4.69, 9.17) is 9.47 Å². The van der Waals surface area contributed by atoms with Crippen LogP contribution in [0.3, 0.4) is 0 Å². The van der Waals surface area contributed by atoms with Gasteiger partial charge in [0.05, 0.1) is 18.2 Å². The lowest BCUT2D eigenvalue weighted by molar-refractivity contribution is -0.146. The maximum atomic E-state index is 12.4. The van der Waals surface area contributed by atoms with Crippen LogP contribution in [0.4, 0.5) is 0 Å². The smallest absolute Gasteiger partial charge is 0.326 e. The molecule has 0 aromatic heterocycles. The second-order valence-corrected chi connectivity index (χ2v) is 5.97. The zero-order valence-electron chi connectivity index (χ0n) is 14.8. The molecule has 1 aliphatic heterocycles. The number of ether oxygens (including phenoxy) is 2. The number of amides is 2. The molecule has 0 saturated carbocycles. The van der Waals surface area contributed by atoms with E-state index in [0.29, 0.717) is 11.3 Å². The summed E-state index contributed by atoms with van der Waals surface area (Å²) in [5.74, 6) is -1.74. The van der Waals surface area contributed by atoms with E-state index in [0.717, 1.165) is 4.90 Å². The molecule has 0 spiro atoms. The van der Waals surface area contributed by atoms with Crippen LogP contribution in [0.2, 0.25) is 0 Å². The van der Waals surface area contributed by atoms with Crippen LogP contribution in [-0.2, 0) is 9.53 Å². The average Bonchev–Trinajstić information content (AvgIpc) is 2.92. The first-order valence-electron chi connectivity index (χ1n) is 8.25. The molecular weight excluding hydrogens is 350 g/mol. The average molecular weight is 367 g/mol. The maximum absolute atomic E-state index is 12.4. The SMILES string of the molecule is COc1ccc(C(=O)[C@H](C)OC(=O)CN2C(=O)c3ccccc3C2=O)cc1. The van der Waals surface area contributed by atoms with Gasteiger partial charge in [-0.1, -0.05) is 12.1 Å². The van der Waals surface area contributed by atoms with Crippen molar-refractivity contribution in [3.8, 4) is 5.75 Å². The number of methoxy groups -OCH3 is 1. The van der Waals surface area contributed by atoms with Crippen LogP contribution in [0.5, 0.6) is 5.75 Å². The molecule has 0 aliphatic carbocycles. The molecule has 2 amide bonds. The Morgan fingerprint density at radius 3 is 2.04 bits per heavy atom. The molecule has 1 aliphatic rings. The van der Waals surface area contributed by atoms with E-state index in [9.17, 15) is 19.2 Å². The minimum atomic E-state index is -1.05. The number of hydrogen-bond acceptors (Lipinski definition) is 6. The van der Waals surface area contributed by atoms with Crippen molar-refractivity contribution in [2.75, 3.05) is 13.7 Å². The van der Waals surface area contributed by atoms with Crippen molar-refractivity contribution in [1.82, 2.24) is 4.90 Å². The Hall–Kier alpha value is -3.48. The van der Waals surface area contributed by atoms with Crippen molar-refractivity contribution in [3.63, 3.8) is 0 Å². The molecule has 2 aromatic carbocycles.